The van der Waals surface area contributed by atoms with Crippen molar-refractivity contribution in [1.29, 1.82) is 0 Å². The molecule has 132 heavy (non-hydrogen) atoms. The molecule has 34 heteroatoms. The van der Waals surface area contributed by atoms with Gasteiger partial charge in [-0.25, -0.2) is 28.9 Å². The maximum absolute atomic E-state index is 15.3. The van der Waals surface area contributed by atoms with E-state index < -0.39 is 83.5 Å². The highest BCUT2D eigenvalue weighted by atomic mass is 16.6. The molecule has 4 aliphatic rings. The third-order valence-corrected chi connectivity index (χ3v) is 25.6. The molecule has 724 valence electrons. The number of allylic oxidation sites excluding steroid dienone is 6. The third kappa shape index (κ3) is 31.4. The zero-order chi connectivity index (χ0) is 94.5. The van der Waals surface area contributed by atoms with E-state index in [1.807, 2.05) is 112 Å². The number of H-pyrrole nitrogens is 1. The van der Waals surface area contributed by atoms with Gasteiger partial charge >= 0.3 is 11.7 Å². The molecule has 1 saturated carbocycles. The molecule has 4 aromatic heterocycles. The van der Waals surface area contributed by atoms with E-state index in [-0.39, 0.29) is 92.2 Å². The first-order valence-electron chi connectivity index (χ1n) is 47.1. The van der Waals surface area contributed by atoms with Crippen LogP contribution in [0.1, 0.15) is 207 Å². The normalized spacial score (nSPS) is 26.2. The number of anilines is 1. The van der Waals surface area contributed by atoms with Gasteiger partial charge in [-0.15, -0.1) is 5.10 Å². The van der Waals surface area contributed by atoms with Crippen LogP contribution < -0.4 is 16.8 Å². The number of methoxy groups -OCH3 is 3. The Bertz CT molecular complexity index is 4890. The highest BCUT2D eigenvalue weighted by molar-refractivity contribution is 6.39. The van der Waals surface area contributed by atoms with Crippen LogP contribution in [0.5, 0.6) is 0 Å². The van der Waals surface area contributed by atoms with Crippen molar-refractivity contribution in [2.24, 2.45) is 40.7 Å². The Hall–Kier alpha value is -9.72. The predicted molar refractivity (Wildman–Crippen MR) is 494 cm³/mol. The standard InChI is InChI=1S/C98H140N12O22/c1-64-24-14-11-15-25-65(2)83(121-8)59-77-36-33-70(7)98(120,132-77)92(116)95(117)108-42-21-19-31-81(108)96(118)130-84(60-78(106-129-62-71-26-16-12-17-27-71)66(3)55-69(6)90(115)91(123-10)89(114)68(5)54-64)67(4)56-72-34-37-80(85(57-72)122-9)110-61-74(104-107-110)28-22-32-86(113)100-41-47-127-51-53-128-52-50-126-46-40-76(112)30-23-44-124-48-49-125-45-39-75(111)29-18-13-20-43-109-94-87(93(99)101-63-102-94)88(105-109)73-35-38-82-79(58-73)103-97(119)131-82/h11-12,14-17,24-27,35,38,55,58,61,63-64,66-68,70,72,77,80-81,83-85,90-91,115,120H,13,18-23,28-34,36-37,39-54,56-57,59-60,62H2,1-10H3,(H,100,113)(H,103,119)(H2,99,101,102)/b15-11+,24-14+,65-25+,69-55+,106-78-/t64-,66-,67-,68-,70-,72+,77+,80+,81+,83+,84+,85-,90-,91+,98-/m1/s1. The molecule has 6 aromatic rings. The number of aromatic nitrogens is 8. The van der Waals surface area contributed by atoms with E-state index in [1.54, 1.807) is 50.9 Å². The van der Waals surface area contributed by atoms with Crippen molar-refractivity contribution in [3.63, 3.8) is 0 Å². The summed E-state index contributed by atoms with van der Waals surface area (Å²) in [5.74, 6) is -7.83. The van der Waals surface area contributed by atoms with Crippen molar-refractivity contribution >= 4 is 74.6 Å². The number of hydrogen-bond donors (Lipinski definition) is 5. The number of aryl methyl sites for hydroxylation is 2. The van der Waals surface area contributed by atoms with Crippen LogP contribution >= 0.6 is 0 Å². The van der Waals surface area contributed by atoms with Crippen molar-refractivity contribution in [2.45, 2.75) is 264 Å². The quantitative estimate of drug-likeness (QED) is 0.00780. The number of ketones is 4. The van der Waals surface area contributed by atoms with Gasteiger partial charge < -0.3 is 82.8 Å². The Kier molecular flexibility index (Phi) is 42.7. The molecule has 2 saturated heterocycles. The summed E-state index contributed by atoms with van der Waals surface area (Å²) in [5.41, 5.74) is 12.6. The lowest BCUT2D eigenvalue weighted by Gasteiger charge is -2.42. The Morgan fingerprint density at radius 3 is 2.21 bits per heavy atom. The second-order valence-electron chi connectivity index (χ2n) is 35.7. The second kappa shape index (κ2) is 54.0. The smallest absolute Gasteiger partial charge is 0.417 e. The molecule has 7 heterocycles. The largest absolute Gasteiger partial charge is 0.460 e. The number of carbonyl (C=O) groups excluding carboxylic acids is 7. The van der Waals surface area contributed by atoms with E-state index in [4.69, 9.17) is 72.6 Å². The fourth-order valence-corrected chi connectivity index (χ4v) is 17.8. The zero-order valence-corrected chi connectivity index (χ0v) is 78.6. The first-order chi connectivity index (χ1) is 63.7. The maximum Gasteiger partial charge on any atom is 0.417 e. The number of ether oxygens (including phenoxy) is 10. The summed E-state index contributed by atoms with van der Waals surface area (Å²) in [4.78, 5) is 127. The molecule has 6 N–H and O–H groups in total. The second-order valence-corrected chi connectivity index (χ2v) is 35.7. The number of nitrogens with zero attached hydrogens (tertiary/aromatic N) is 9. The van der Waals surface area contributed by atoms with E-state index in [1.165, 1.54) is 18.3 Å². The molecule has 0 spiro atoms. The van der Waals surface area contributed by atoms with Crippen molar-refractivity contribution in [1.82, 2.24) is 49.9 Å². The molecule has 2 amide bonds. The van der Waals surface area contributed by atoms with Gasteiger partial charge in [-0.2, -0.15) is 5.10 Å². The number of amides is 2. The number of nitrogens with two attached hydrogens (primary N) is 1. The zero-order valence-electron chi connectivity index (χ0n) is 78.6. The fraction of sp³-hybridized carbons (Fsp3) is 0.633. The molecule has 3 aliphatic heterocycles. The van der Waals surface area contributed by atoms with Crippen LogP contribution in [0.25, 0.3) is 33.4 Å². The number of aliphatic hydroxyl groups is 2. The highest BCUT2D eigenvalue weighted by Gasteiger charge is 2.53. The van der Waals surface area contributed by atoms with Crippen LogP contribution in [-0.4, -0.2) is 250 Å². The SMILES string of the molecule is CO[C@H]1C[C@@H]2CC[C@@H](C)[C@@](O)(O2)C(=O)C(=O)N2CCCC[C@H]2C(=O)O[C@H]([C@H](C)C[C@@H]2CC[C@H](n3cc(CCCC(=O)NCCOCCOCCOCCC(=O)CCCOCCOCCC(=O)CCCCCn4nc(-c5ccc6oc(=O)[nH]c6c5)c5c(N)ncnc54)nn3)[C@H](OC)C2)C/C(=N/OCc2ccccc2)[C@H](C)/C=C(\C)[C@@H](O)[C@@H](OC)C(=O)[C@H](C)C[C@H](C)/C=C/C=C/C=C/1C. The number of carbonyl (C=O) groups is 7. The maximum atomic E-state index is 15.3. The monoisotopic (exact) mass is 1840 g/mol. The molecule has 2 aromatic carbocycles. The Labute approximate surface area is 773 Å². The van der Waals surface area contributed by atoms with E-state index in [9.17, 15) is 43.8 Å². The molecule has 34 nitrogen and oxygen atoms in total. The Morgan fingerprint density at radius 2 is 1.48 bits per heavy atom. The first-order valence-corrected chi connectivity index (χ1v) is 47.1. The molecular formula is C98H140N12O22. The van der Waals surface area contributed by atoms with Crippen LogP contribution in [0, 0.1) is 35.5 Å². The topological polar surface area (TPSA) is 435 Å². The van der Waals surface area contributed by atoms with Gasteiger partial charge in [-0.05, 0) is 163 Å². The van der Waals surface area contributed by atoms with Gasteiger partial charge in [-0.1, -0.05) is 118 Å². The number of rotatable bonds is 43. The summed E-state index contributed by atoms with van der Waals surface area (Å²) in [6.07, 6.45) is 21.3. The van der Waals surface area contributed by atoms with Crippen LogP contribution in [0.2, 0.25) is 0 Å². The number of benzene rings is 2. The van der Waals surface area contributed by atoms with E-state index in [2.05, 4.69) is 30.6 Å². The summed E-state index contributed by atoms with van der Waals surface area (Å²) < 4.78 is 68.0. The molecule has 10 rings (SSSR count). The lowest BCUT2D eigenvalue weighted by Crippen LogP contribution is -2.61. The minimum Gasteiger partial charge on any atom is -0.460 e. The summed E-state index contributed by atoms with van der Waals surface area (Å²) in [6, 6.07) is 13.5. The number of Topliss-reactive ketones (excluding diaryl/α,β-unsaturated/α-hetero) is 4. The van der Waals surface area contributed by atoms with E-state index in [0.717, 1.165) is 48.1 Å². The summed E-state index contributed by atoms with van der Waals surface area (Å²) in [6.45, 7) is 17.6. The van der Waals surface area contributed by atoms with Gasteiger partial charge in [0.1, 0.15) is 60.4 Å². The molecule has 15 atom stereocenters. The van der Waals surface area contributed by atoms with E-state index in [0.29, 0.717) is 220 Å². The highest BCUT2D eigenvalue weighted by Crippen LogP contribution is 2.41. The minimum atomic E-state index is -2.48. The number of piperidine rings is 1. The van der Waals surface area contributed by atoms with Crippen molar-refractivity contribution in [2.75, 3.05) is 106 Å². The lowest BCUT2D eigenvalue weighted by molar-refractivity contribution is -0.265. The number of esters is 1. The summed E-state index contributed by atoms with van der Waals surface area (Å²) in [7, 11) is 4.68. The fourth-order valence-electron chi connectivity index (χ4n) is 17.8. The molecule has 0 radical (unpaired) electrons. The average molecular weight is 1840 g/mol. The van der Waals surface area contributed by atoms with Crippen LogP contribution in [0.3, 0.4) is 0 Å². The summed E-state index contributed by atoms with van der Waals surface area (Å²) >= 11 is 0. The van der Waals surface area contributed by atoms with Crippen molar-refractivity contribution in [3.8, 4) is 11.3 Å². The number of oxime groups is 1. The van der Waals surface area contributed by atoms with Crippen LogP contribution in [0.4, 0.5) is 5.82 Å². The number of cyclic esters (lactones) is 1. The average Bonchev–Trinajstić information content (AvgIpc) is 1.47. The number of oxazole rings is 1. The number of aliphatic hydroxyl groups excluding tert-OH is 1. The van der Waals surface area contributed by atoms with Crippen LogP contribution in [-0.2, 0) is 105 Å². The van der Waals surface area contributed by atoms with Gasteiger partial charge in [0.15, 0.2) is 17.0 Å². The van der Waals surface area contributed by atoms with Gasteiger partial charge in [0.05, 0.1) is 106 Å². The molecule has 3 fully saturated rings. The number of nitrogen functional groups attached to an aromatic ring is 1. The number of nitrogens with one attached hydrogen (secondary N) is 2. The van der Waals surface area contributed by atoms with Gasteiger partial charge in [0, 0.05) is 122 Å². The number of fused-ring (bicyclic) bond motifs is 5. The molecule has 2 bridgehead atoms. The van der Waals surface area contributed by atoms with Gasteiger partial charge in [-0.3, -0.25) is 33.8 Å². The Balaban J connectivity index is 0.617. The lowest BCUT2D eigenvalue weighted by atomic mass is 9.77. The molecule has 0 unspecified atom stereocenters. The summed E-state index contributed by atoms with van der Waals surface area (Å²) in [5, 5.41) is 46.5. The van der Waals surface area contributed by atoms with Crippen molar-refractivity contribution < 1.29 is 100 Å². The molecular weight excluding hydrogens is 1700 g/mol. The third-order valence-electron chi connectivity index (χ3n) is 25.6. The van der Waals surface area contributed by atoms with E-state index >= 15 is 4.79 Å². The number of aromatic amines is 1. The Morgan fingerprint density at radius 1 is 0.750 bits per heavy atom. The first kappa shape index (κ1) is 104. The van der Waals surface area contributed by atoms with Gasteiger partial charge in [0.25, 0.3) is 11.7 Å². The number of unbranched alkanes of at least 4 members (excludes halogenated alkanes) is 2. The van der Waals surface area contributed by atoms with Crippen LogP contribution in [0.15, 0.2) is 123 Å². The predicted octanol–water partition coefficient (Wildman–Crippen LogP) is 12.0. The minimum absolute atomic E-state index is 0.0138. The number of hydrogen-bond acceptors (Lipinski definition) is 29. The van der Waals surface area contributed by atoms with Crippen molar-refractivity contribution in [3.05, 3.63) is 130 Å². The van der Waals surface area contributed by atoms with Gasteiger partial charge in [0.2, 0.25) is 11.7 Å². The molecule has 1 aliphatic carbocycles.